The number of esters is 1. The molecule has 0 fully saturated rings. The highest BCUT2D eigenvalue weighted by molar-refractivity contribution is 5.98. The number of nitrogens with zero attached hydrogens (tertiary/aromatic N) is 1. The molecule has 1 atom stereocenters. The van der Waals surface area contributed by atoms with Gasteiger partial charge < -0.3 is 20.4 Å². The molecule has 0 radical (unpaired) electrons. The number of benzene rings is 1. The van der Waals surface area contributed by atoms with Crippen LogP contribution >= 0.6 is 0 Å². The lowest BCUT2D eigenvalue weighted by Gasteiger charge is -2.15. The van der Waals surface area contributed by atoms with Gasteiger partial charge in [0.2, 0.25) is 5.91 Å². The van der Waals surface area contributed by atoms with Gasteiger partial charge in [0.25, 0.3) is 5.91 Å². The van der Waals surface area contributed by atoms with E-state index in [9.17, 15) is 14.4 Å². The van der Waals surface area contributed by atoms with E-state index in [0.29, 0.717) is 16.8 Å². The minimum absolute atomic E-state index is 0.218. The Balaban J connectivity index is 2.04. The van der Waals surface area contributed by atoms with Crippen LogP contribution in [0.3, 0.4) is 0 Å². The van der Waals surface area contributed by atoms with E-state index in [1.165, 1.54) is 19.1 Å². The molecule has 2 amide bonds. The number of aromatic nitrogens is 1. The number of carbonyl (C=O) groups is 3. The van der Waals surface area contributed by atoms with Crippen LogP contribution in [-0.4, -0.2) is 28.5 Å². The number of aryl methyl sites for hydroxylation is 1. The van der Waals surface area contributed by atoms with E-state index in [1.54, 1.807) is 18.2 Å². The number of amides is 2. The molecule has 0 aliphatic carbocycles. The molecule has 0 aliphatic heterocycles. The van der Waals surface area contributed by atoms with Crippen molar-refractivity contribution in [3.8, 4) is 0 Å². The number of carbonyl (C=O) groups excluding carboxylic acids is 3. The standard InChI is InChI=1S/C20H25N3O4/c1-11(2)23-12(3)10-17(13(23)4)20(26)27-14(5)19(25)22-16-8-6-15(7-9-16)18(21)24/h6-11,14H,1-5H3,(H2,21,24)(H,22,25)/t14-/m1/s1. The second kappa shape index (κ2) is 8.07. The van der Waals surface area contributed by atoms with Crippen LogP contribution < -0.4 is 11.1 Å². The molecule has 0 spiro atoms. The molecule has 0 bridgehead atoms. The number of hydrogen-bond acceptors (Lipinski definition) is 4. The summed E-state index contributed by atoms with van der Waals surface area (Å²) in [4.78, 5) is 35.8. The molecule has 1 aromatic carbocycles. The fourth-order valence-corrected chi connectivity index (χ4v) is 3.02. The Bertz CT molecular complexity index is 866. The van der Waals surface area contributed by atoms with Crippen molar-refractivity contribution < 1.29 is 19.1 Å². The molecule has 0 aliphatic rings. The molecule has 7 heteroatoms. The van der Waals surface area contributed by atoms with Gasteiger partial charge in [-0.05, 0) is 65.0 Å². The summed E-state index contributed by atoms with van der Waals surface area (Å²) in [7, 11) is 0. The zero-order valence-corrected chi connectivity index (χ0v) is 16.2. The molecule has 3 N–H and O–H groups in total. The second-order valence-corrected chi connectivity index (χ2v) is 6.73. The zero-order valence-electron chi connectivity index (χ0n) is 16.2. The average molecular weight is 371 g/mol. The maximum atomic E-state index is 12.5. The van der Waals surface area contributed by atoms with Crippen molar-refractivity contribution in [3.63, 3.8) is 0 Å². The van der Waals surface area contributed by atoms with E-state index < -0.39 is 23.9 Å². The molecule has 0 saturated carbocycles. The van der Waals surface area contributed by atoms with E-state index >= 15 is 0 Å². The monoisotopic (exact) mass is 371 g/mol. The summed E-state index contributed by atoms with van der Waals surface area (Å²) in [6.07, 6.45) is -0.976. The van der Waals surface area contributed by atoms with Gasteiger partial charge in [0, 0.05) is 28.7 Å². The molecule has 1 heterocycles. The smallest absolute Gasteiger partial charge is 0.340 e. The fourth-order valence-electron chi connectivity index (χ4n) is 3.02. The van der Waals surface area contributed by atoms with E-state index in [2.05, 4.69) is 5.32 Å². The van der Waals surface area contributed by atoms with Gasteiger partial charge in [-0.25, -0.2) is 4.79 Å². The Morgan fingerprint density at radius 3 is 2.15 bits per heavy atom. The van der Waals surface area contributed by atoms with Crippen LogP contribution in [0, 0.1) is 13.8 Å². The lowest BCUT2D eigenvalue weighted by molar-refractivity contribution is -0.123. The van der Waals surface area contributed by atoms with E-state index in [0.717, 1.165) is 11.4 Å². The van der Waals surface area contributed by atoms with Gasteiger partial charge in [-0.3, -0.25) is 9.59 Å². The summed E-state index contributed by atoms with van der Waals surface area (Å²) in [6, 6.07) is 8.12. The Morgan fingerprint density at radius 1 is 1.07 bits per heavy atom. The van der Waals surface area contributed by atoms with Gasteiger partial charge in [-0.1, -0.05) is 0 Å². The Hall–Kier alpha value is -3.09. The highest BCUT2D eigenvalue weighted by Crippen LogP contribution is 2.21. The third-order valence-corrected chi connectivity index (χ3v) is 4.31. The molecular formula is C20H25N3O4. The van der Waals surface area contributed by atoms with E-state index in [4.69, 9.17) is 10.5 Å². The second-order valence-electron chi connectivity index (χ2n) is 6.73. The first-order chi connectivity index (χ1) is 12.6. The molecule has 27 heavy (non-hydrogen) atoms. The van der Waals surface area contributed by atoms with Crippen molar-refractivity contribution in [1.82, 2.24) is 4.57 Å². The maximum absolute atomic E-state index is 12.5. The number of nitrogens with two attached hydrogens (primary N) is 1. The number of anilines is 1. The van der Waals surface area contributed by atoms with Crippen molar-refractivity contribution in [3.05, 3.63) is 52.8 Å². The highest BCUT2D eigenvalue weighted by atomic mass is 16.5. The first kappa shape index (κ1) is 20.2. The van der Waals surface area contributed by atoms with Crippen LogP contribution in [0.1, 0.15) is 58.9 Å². The van der Waals surface area contributed by atoms with Crippen molar-refractivity contribution >= 4 is 23.5 Å². The zero-order chi connectivity index (χ0) is 20.3. The molecule has 1 aromatic heterocycles. The third-order valence-electron chi connectivity index (χ3n) is 4.31. The average Bonchev–Trinajstić information content (AvgIpc) is 2.89. The Labute approximate surface area is 158 Å². The number of nitrogens with one attached hydrogen (secondary N) is 1. The van der Waals surface area contributed by atoms with Gasteiger partial charge in [0.05, 0.1) is 5.56 Å². The van der Waals surface area contributed by atoms with Crippen molar-refractivity contribution in [2.24, 2.45) is 5.73 Å². The predicted molar refractivity (Wildman–Crippen MR) is 103 cm³/mol. The van der Waals surface area contributed by atoms with E-state index in [1.807, 2.05) is 32.3 Å². The third kappa shape index (κ3) is 4.55. The van der Waals surface area contributed by atoms with E-state index in [-0.39, 0.29) is 6.04 Å². The van der Waals surface area contributed by atoms with Gasteiger partial charge >= 0.3 is 5.97 Å². The molecule has 2 aromatic rings. The number of hydrogen-bond donors (Lipinski definition) is 2. The molecule has 0 saturated heterocycles. The summed E-state index contributed by atoms with van der Waals surface area (Å²) in [5.41, 5.74) is 8.22. The molecular weight excluding hydrogens is 346 g/mol. The van der Waals surface area contributed by atoms with Gasteiger partial charge in [-0.2, -0.15) is 0 Å². The first-order valence-electron chi connectivity index (χ1n) is 8.72. The topological polar surface area (TPSA) is 103 Å². The van der Waals surface area contributed by atoms with Gasteiger partial charge in [-0.15, -0.1) is 0 Å². The Morgan fingerprint density at radius 2 is 1.67 bits per heavy atom. The minimum Gasteiger partial charge on any atom is -0.449 e. The summed E-state index contributed by atoms with van der Waals surface area (Å²) < 4.78 is 7.37. The largest absolute Gasteiger partial charge is 0.449 e. The Kier molecular flexibility index (Phi) is 6.05. The fraction of sp³-hybridized carbons (Fsp3) is 0.350. The van der Waals surface area contributed by atoms with Gasteiger partial charge in [0.1, 0.15) is 0 Å². The molecule has 7 nitrogen and oxygen atoms in total. The molecule has 0 unspecified atom stereocenters. The maximum Gasteiger partial charge on any atom is 0.340 e. The van der Waals surface area contributed by atoms with Crippen LogP contribution in [0.2, 0.25) is 0 Å². The molecule has 144 valence electrons. The van der Waals surface area contributed by atoms with Gasteiger partial charge in [0.15, 0.2) is 6.10 Å². The number of rotatable bonds is 6. The first-order valence-corrected chi connectivity index (χ1v) is 8.72. The summed E-state index contributed by atoms with van der Waals surface area (Å²) >= 11 is 0. The van der Waals surface area contributed by atoms with Crippen LogP contribution in [0.4, 0.5) is 5.69 Å². The summed E-state index contributed by atoms with van der Waals surface area (Å²) in [5, 5.41) is 2.64. The summed E-state index contributed by atoms with van der Waals surface area (Å²) in [5.74, 6) is -1.55. The van der Waals surface area contributed by atoms with Crippen molar-refractivity contribution in [1.29, 1.82) is 0 Å². The van der Waals surface area contributed by atoms with Crippen LogP contribution in [0.25, 0.3) is 0 Å². The summed E-state index contributed by atoms with van der Waals surface area (Å²) in [6.45, 7) is 9.36. The highest BCUT2D eigenvalue weighted by Gasteiger charge is 2.23. The number of ether oxygens (including phenoxy) is 1. The van der Waals surface area contributed by atoms with Crippen LogP contribution in [-0.2, 0) is 9.53 Å². The van der Waals surface area contributed by atoms with Crippen molar-refractivity contribution in [2.75, 3.05) is 5.32 Å². The SMILES string of the molecule is Cc1cc(C(=O)O[C@H](C)C(=O)Nc2ccc(C(N)=O)cc2)c(C)n1C(C)C. The lowest BCUT2D eigenvalue weighted by atomic mass is 10.2. The predicted octanol–water partition coefficient (Wildman–Crippen LogP) is 2.97. The quantitative estimate of drug-likeness (QED) is 0.762. The number of primary amides is 1. The normalized spacial score (nSPS) is 11.9. The molecule has 2 rings (SSSR count). The minimum atomic E-state index is -0.976. The van der Waals surface area contributed by atoms with Crippen LogP contribution in [0.5, 0.6) is 0 Å². The lowest BCUT2D eigenvalue weighted by Crippen LogP contribution is -2.30. The van der Waals surface area contributed by atoms with Crippen LogP contribution in [0.15, 0.2) is 30.3 Å². The van der Waals surface area contributed by atoms with Crippen molar-refractivity contribution in [2.45, 2.75) is 46.8 Å².